The zero-order valence-electron chi connectivity index (χ0n) is 41.1. The summed E-state index contributed by atoms with van der Waals surface area (Å²) < 4.78 is 61.7. The predicted octanol–water partition coefficient (Wildman–Crippen LogP) is 11.2. The van der Waals surface area contributed by atoms with Crippen LogP contribution < -0.4 is 0 Å². The van der Waals surface area contributed by atoms with Gasteiger partial charge in [0.2, 0.25) is 0 Å². The van der Waals surface area contributed by atoms with E-state index in [1.165, 1.54) is 64.2 Å². The molecule has 0 amide bonds. The fourth-order valence-electron chi connectivity index (χ4n) is 11.2. The number of rotatable bonds is 19. The number of thioether (sulfide) groups is 1. The fraction of sp³-hybridized carbons (Fsp3) is 0.483. The van der Waals surface area contributed by atoms with Crippen LogP contribution in [-0.4, -0.2) is 90.1 Å². The normalized spacial score (nSPS) is 29.3. The summed E-state index contributed by atoms with van der Waals surface area (Å²) in [6.45, 7) is 1.05. The van der Waals surface area contributed by atoms with Crippen molar-refractivity contribution in [2.24, 2.45) is 11.8 Å². The third-order valence-electron chi connectivity index (χ3n) is 15.0. The minimum Gasteiger partial charge on any atom is -0.450 e. The second kappa shape index (κ2) is 25.7. The highest BCUT2D eigenvalue weighted by atomic mass is 32.2. The third-order valence-corrected chi connectivity index (χ3v) is 16.7. The maximum atomic E-state index is 14.5. The van der Waals surface area contributed by atoms with Gasteiger partial charge in [-0.2, -0.15) is 0 Å². The molecule has 3 aliphatic heterocycles. The van der Waals surface area contributed by atoms with Crippen molar-refractivity contribution in [3.05, 3.63) is 179 Å². The highest BCUT2D eigenvalue weighted by Gasteiger charge is 2.56. The molecule has 11 atom stereocenters. The first-order chi connectivity index (χ1) is 35.5. The maximum Gasteiger partial charge on any atom is 0.338 e. The summed E-state index contributed by atoms with van der Waals surface area (Å²) in [7, 11) is 0. The Bertz CT molecular complexity index is 2340. The quantitative estimate of drug-likeness (QED) is 0.0793. The highest BCUT2D eigenvalue weighted by molar-refractivity contribution is 8.00. The van der Waals surface area contributed by atoms with Crippen molar-refractivity contribution >= 4 is 17.7 Å². The standard InChI is InChI=1S/C60H70O11S/c61-50-51-49(40-66-58(70-51)47-34-20-7-21-35-47)68-60(72-56(44-28-14-4-15-29-44)45-30-16-5-17-31-45)53(50)71-59-55(69-57(62)46-32-18-6-19-33-46)54(65-38-43-26-12-3-13-27-43)52(64-37-42-24-10-2-11-25-42)48(67-59)39-63-36-41-22-8-1-9-23-41/h1-3,6-13,18-27,32-35,44-45,48-56,58-61H,4-5,14-17,28-31,36-40H2/t48-,49-,50+,51-,52-,53-,54+,55-,58-,59+,60+/m1/s1. The van der Waals surface area contributed by atoms with Crippen LogP contribution in [0.15, 0.2) is 152 Å². The average molecular weight is 999 g/mol. The number of fused-ring (bicyclic) bond motifs is 1. The van der Waals surface area contributed by atoms with Gasteiger partial charge >= 0.3 is 5.97 Å². The van der Waals surface area contributed by atoms with Crippen LogP contribution in [-0.2, 0) is 62.5 Å². The van der Waals surface area contributed by atoms with Gasteiger partial charge in [-0.1, -0.05) is 178 Å². The van der Waals surface area contributed by atoms with Crippen molar-refractivity contribution in [1.29, 1.82) is 0 Å². The van der Waals surface area contributed by atoms with E-state index < -0.39 is 72.8 Å². The molecule has 0 spiro atoms. The van der Waals surface area contributed by atoms with E-state index in [1.807, 2.05) is 139 Å². The van der Waals surface area contributed by atoms with E-state index in [4.69, 9.17) is 42.6 Å². The van der Waals surface area contributed by atoms with Crippen LogP contribution in [0.4, 0.5) is 0 Å². The van der Waals surface area contributed by atoms with E-state index in [9.17, 15) is 9.90 Å². The Balaban J connectivity index is 1.03. The molecule has 11 nitrogen and oxygen atoms in total. The molecule has 2 aliphatic carbocycles. The van der Waals surface area contributed by atoms with Crippen LogP contribution in [0.5, 0.6) is 0 Å². The van der Waals surface area contributed by atoms with Gasteiger partial charge in [0.25, 0.3) is 0 Å². The van der Waals surface area contributed by atoms with E-state index in [0.29, 0.717) is 29.3 Å². The number of hydrogen-bond acceptors (Lipinski definition) is 12. The van der Waals surface area contributed by atoms with Gasteiger partial charge in [0.1, 0.15) is 48.2 Å². The monoisotopic (exact) mass is 998 g/mol. The van der Waals surface area contributed by atoms with Gasteiger partial charge in [-0.25, -0.2) is 4.79 Å². The molecule has 382 valence electrons. The second-order valence-electron chi connectivity index (χ2n) is 20.0. The van der Waals surface area contributed by atoms with Crippen molar-refractivity contribution in [2.45, 2.75) is 156 Å². The van der Waals surface area contributed by atoms with Crippen molar-refractivity contribution in [2.75, 3.05) is 13.2 Å². The van der Waals surface area contributed by atoms with Gasteiger partial charge in [-0.3, -0.25) is 0 Å². The third kappa shape index (κ3) is 13.1. The van der Waals surface area contributed by atoms with E-state index >= 15 is 0 Å². The zero-order valence-corrected chi connectivity index (χ0v) is 41.9. The first-order valence-corrected chi connectivity index (χ1v) is 27.3. The lowest BCUT2D eigenvalue weighted by atomic mass is 9.77. The van der Waals surface area contributed by atoms with Crippen LogP contribution in [0.2, 0.25) is 0 Å². The number of benzene rings is 5. The van der Waals surface area contributed by atoms with Crippen LogP contribution in [0.1, 0.15) is 103 Å². The lowest BCUT2D eigenvalue weighted by molar-refractivity contribution is -0.362. The Morgan fingerprint density at radius 1 is 0.583 bits per heavy atom. The number of esters is 1. The lowest BCUT2D eigenvalue weighted by Crippen LogP contribution is -2.66. The van der Waals surface area contributed by atoms with Gasteiger partial charge in [-0.05, 0) is 66.3 Å². The van der Waals surface area contributed by atoms with E-state index in [0.717, 1.165) is 22.3 Å². The van der Waals surface area contributed by atoms with Crippen LogP contribution in [0.3, 0.4) is 0 Å². The van der Waals surface area contributed by atoms with E-state index in [1.54, 1.807) is 24.3 Å². The molecule has 5 aromatic carbocycles. The number of carbonyl (C=O) groups excluding carboxylic acids is 1. The molecule has 3 heterocycles. The summed E-state index contributed by atoms with van der Waals surface area (Å²) in [4.78, 5) is 14.5. The smallest absolute Gasteiger partial charge is 0.338 e. The summed E-state index contributed by atoms with van der Waals surface area (Å²) in [6, 6.07) is 48.5. The molecule has 0 unspecified atom stereocenters. The molecule has 5 fully saturated rings. The maximum absolute atomic E-state index is 14.5. The molecule has 1 N–H and O–H groups in total. The summed E-state index contributed by atoms with van der Waals surface area (Å²) in [5.74, 6) is 0.454. The topological polar surface area (TPSA) is 120 Å². The average Bonchev–Trinajstić information content (AvgIpc) is 3.44. The van der Waals surface area contributed by atoms with Gasteiger partial charge in [0, 0.05) is 10.8 Å². The van der Waals surface area contributed by atoms with Crippen molar-refractivity contribution in [3.63, 3.8) is 0 Å². The van der Waals surface area contributed by atoms with Gasteiger partial charge in [0.05, 0.1) is 38.6 Å². The number of aliphatic hydroxyl groups excluding tert-OH is 1. The van der Waals surface area contributed by atoms with Crippen molar-refractivity contribution < 1.29 is 52.5 Å². The number of hydrogen-bond donors (Lipinski definition) is 1. The Kier molecular flexibility index (Phi) is 18.2. The molecular weight excluding hydrogens is 929 g/mol. The fourth-order valence-corrected chi connectivity index (χ4v) is 13.1. The van der Waals surface area contributed by atoms with Crippen molar-refractivity contribution in [3.8, 4) is 0 Å². The SMILES string of the molecule is O=C(O[C@H]1[C@H](O[C@@H]2[C@@H](O)[C@@H]3O[C@H](c4ccccc4)OC[C@H]3O[C@H]2SC(C2CCCCC2)C2CCCCC2)O[C@H](COCc2ccccc2)[C@@H](OCc2ccccc2)[C@@H]1OCc1ccccc1)c1ccccc1. The molecule has 2 saturated carbocycles. The molecule has 5 aromatic rings. The minimum absolute atomic E-state index is 0.0933. The van der Waals surface area contributed by atoms with Gasteiger partial charge < -0.3 is 47.7 Å². The summed E-state index contributed by atoms with van der Waals surface area (Å²) in [6.07, 6.45) is 2.77. The highest BCUT2D eigenvalue weighted by Crippen LogP contribution is 2.48. The van der Waals surface area contributed by atoms with Gasteiger partial charge in [-0.15, -0.1) is 11.8 Å². The minimum atomic E-state index is -1.28. The van der Waals surface area contributed by atoms with Crippen LogP contribution in [0, 0.1) is 11.8 Å². The van der Waals surface area contributed by atoms with Crippen LogP contribution in [0.25, 0.3) is 0 Å². The van der Waals surface area contributed by atoms with Gasteiger partial charge in [0.15, 0.2) is 18.7 Å². The first kappa shape index (κ1) is 51.1. The van der Waals surface area contributed by atoms with E-state index in [2.05, 4.69) is 0 Å². The zero-order chi connectivity index (χ0) is 48.9. The summed E-state index contributed by atoms with van der Waals surface area (Å²) in [5, 5.41) is 13.3. The molecular formula is C60H70O11S. The Hall–Kier alpha value is -4.44. The number of aliphatic hydroxyl groups is 1. The van der Waals surface area contributed by atoms with Crippen molar-refractivity contribution in [1.82, 2.24) is 0 Å². The Morgan fingerprint density at radius 3 is 1.69 bits per heavy atom. The Morgan fingerprint density at radius 2 is 1.11 bits per heavy atom. The predicted molar refractivity (Wildman–Crippen MR) is 275 cm³/mol. The molecule has 72 heavy (non-hydrogen) atoms. The summed E-state index contributed by atoms with van der Waals surface area (Å²) >= 11 is 1.81. The molecule has 12 heteroatoms. The van der Waals surface area contributed by atoms with E-state index in [-0.39, 0.29) is 26.4 Å². The number of carbonyl (C=O) groups is 1. The largest absolute Gasteiger partial charge is 0.450 e. The molecule has 0 radical (unpaired) electrons. The molecule has 0 aromatic heterocycles. The number of ether oxygens (including phenoxy) is 9. The second-order valence-corrected chi connectivity index (χ2v) is 21.3. The molecule has 0 bridgehead atoms. The van der Waals surface area contributed by atoms with Crippen LogP contribution >= 0.6 is 11.8 Å². The lowest BCUT2D eigenvalue weighted by Gasteiger charge is -2.51. The Labute approximate surface area is 429 Å². The summed E-state index contributed by atoms with van der Waals surface area (Å²) in [5.41, 5.74) is 3.43. The first-order valence-electron chi connectivity index (χ1n) is 26.3. The molecule has 3 saturated heterocycles. The molecule has 10 rings (SSSR count). The molecule has 5 aliphatic rings.